The highest BCUT2D eigenvalue weighted by Gasteiger charge is 2.31. The van der Waals surface area contributed by atoms with Crippen LogP contribution in [0.2, 0.25) is 0 Å². The van der Waals surface area contributed by atoms with Gasteiger partial charge in [0.15, 0.2) is 29.1 Å². The van der Waals surface area contributed by atoms with Crippen molar-refractivity contribution in [1.82, 2.24) is 0 Å². The first-order valence-corrected chi connectivity index (χ1v) is 11.2. The lowest BCUT2D eigenvalue weighted by molar-refractivity contribution is 0.445. The van der Waals surface area contributed by atoms with Crippen molar-refractivity contribution in [2.75, 3.05) is 0 Å². The molecule has 0 aliphatic heterocycles. The van der Waals surface area contributed by atoms with E-state index < -0.39 is 46.0 Å². The van der Waals surface area contributed by atoms with Crippen molar-refractivity contribution in [1.29, 1.82) is 0 Å². The highest BCUT2D eigenvalue weighted by atomic mass is 19.2. The summed E-state index contributed by atoms with van der Waals surface area (Å²) in [7, 11) is 0. The second kappa shape index (κ2) is 9.62. The maximum atomic E-state index is 15.2. The summed E-state index contributed by atoms with van der Waals surface area (Å²) in [5, 5.41) is 0. The van der Waals surface area contributed by atoms with Gasteiger partial charge >= 0.3 is 0 Å². The molecule has 3 aromatic rings. The molecule has 0 saturated heterocycles. The fourth-order valence-electron chi connectivity index (χ4n) is 4.67. The summed E-state index contributed by atoms with van der Waals surface area (Å²) in [6.07, 6.45) is 5.20. The molecule has 0 spiro atoms. The molecule has 4 rings (SSSR count). The Labute approximate surface area is 189 Å². The van der Waals surface area contributed by atoms with Crippen molar-refractivity contribution in [3.05, 3.63) is 93.6 Å². The number of hydrogen-bond donors (Lipinski definition) is 0. The summed E-state index contributed by atoms with van der Waals surface area (Å²) in [6, 6.07) is 9.00. The molecule has 0 saturated carbocycles. The first-order valence-electron chi connectivity index (χ1n) is 11.2. The zero-order valence-electron chi connectivity index (χ0n) is 18.3. The monoisotopic (exact) mass is 462 g/mol. The fraction of sp³-hybridized carbons (Fsp3) is 0.333. The number of rotatable bonds is 6. The van der Waals surface area contributed by atoms with Crippen LogP contribution in [0.4, 0.5) is 26.3 Å². The average molecular weight is 462 g/mol. The Bertz CT molecular complexity index is 1140. The minimum atomic E-state index is -1.75. The number of benzene rings is 3. The van der Waals surface area contributed by atoms with E-state index in [0.29, 0.717) is 18.6 Å². The van der Waals surface area contributed by atoms with Crippen molar-refractivity contribution in [2.24, 2.45) is 0 Å². The summed E-state index contributed by atoms with van der Waals surface area (Å²) in [4.78, 5) is 0. The van der Waals surface area contributed by atoms with Crippen molar-refractivity contribution >= 4 is 0 Å². The average Bonchev–Trinajstić information content (AvgIpc) is 2.81. The van der Waals surface area contributed by atoms with Gasteiger partial charge in [-0.3, -0.25) is 0 Å². The van der Waals surface area contributed by atoms with Crippen molar-refractivity contribution < 1.29 is 26.3 Å². The van der Waals surface area contributed by atoms with E-state index in [4.69, 9.17) is 0 Å². The van der Waals surface area contributed by atoms with E-state index in [2.05, 4.69) is 6.92 Å². The Hall–Kier alpha value is -2.76. The molecule has 33 heavy (non-hydrogen) atoms. The normalized spacial score (nSPS) is 15.5. The SMILES string of the molecule is CCCCCc1ccc(C2CCc3c(F)c(-c4cc(F)c(F)c(F)c4)c(F)c(F)c3C2)cc1. The van der Waals surface area contributed by atoms with Gasteiger partial charge in [-0.15, -0.1) is 0 Å². The van der Waals surface area contributed by atoms with Crippen molar-refractivity contribution in [3.63, 3.8) is 0 Å². The van der Waals surface area contributed by atoms with Crippen LogP contribution < -0.4 is 0 Å². The molecule has 0 nitrogen and oxygen atoms in total. The quantitative estimate of drug-likeness (QED) is 0.150. The van der Waals surface area contributed by atoms with Crippen LogP contribution in [0.25, 0.3) is 11.1 Å². The van der Waals surface area contributed by atoms with Crippen molar-refractivity contribution in [2.45, 2.75) is 57.8 Å². The Morgan fingerprint density at radius 1 is 0.758 bits per heavy atom. The van der Waals surface area contributed by atoms with E-state index >= 15 is 8.78 Å². The zero-order chi connectivity index (χ0) is 23.7. The molecular formula is C27H24F6. The molecule has 1 aliphatic carbocycles. The lowest BCUT2D eigenvalue weighted by Crippen LogP contribution is -2.18. The van der Waals surface area contributed by atoms with E-state index in [1.54, 1.807) is 0 Å². The molecule has 1 unspecified atom stereocenters. The van der Waals surface area contributed by atoms with Crippen LogP contribution in [0.15, 0.2) is 36.4 Å². The molecule has 0 amide bonds. The third kappa shape index (κ3) is 4.53. The number of halogens is 6. The van der Waals surface area contributed by atoms with Gasteiger partial charge in [-0.2, -0.15) is 0 Å². The standard InChI is InChI=1S/C27H24F6/c1-2-3-4-5-15-6-8-16(9-7-15)17-10-11-19-20(12-17)25(31)27(33)23(24(19)30)18-13-21(28)26(32)22(29)14-18/h6-9,13-14,17H,2-5,10-12H2,1H3. The first kappa shape index (κ1) is 23.4. The molecule has 0 heterocycles. The number of hydrogen-bond acceptors (Lipinski definition) is 0. The highest BCUT2D eigenvalue weighted by molar-refractivity contribution is 5.67. The summed E-state index contributed by atoms with van der Waals surface area (Å²) >= 11 is 0. The van der Waals surface area contributed by atoms with Gasteiger partial charge in [0, 0.05) is 0 Å². The smallest absolute Gasteiger partial charge is 0.194 e. The van der Waals surface area contributed by atoms with Crippen LogP contribution in [0.1, 0.15) is 60.8 Å². The summed E-state index contributed by atoms with van der Waals surface area (Å²) in [6.45, 7) is 2.15. The molecule has 1 atom stereocenters. The van der Waals surface area contributed by atoms with Crippen LogP contribution in [-0.2, 0) is 19.3 Å². The lowest BCUT2D eigenvalue weighted by Gasteiger charge is -2.27. The van der Waals surface area contributed by atoms with E-state index in [9.17, 15) is 17.6 Å². The van der Waals surface area contributed by atoms with Gasteiger partial charge in [0.1, 0.15) is 5.82 Å². The van der Waals surface area contributed by atoms with E-state index in [1.165, 1.54) is 5.56 Å². The highest BCUT2D eigenvalue weighted by Crippen LogP contribution is 2.40. The van der Waals surface area contributed by atoms with E-state index in [0.717, 1.165) is 31.2 Å². The Kier molecular flexibility index (Phi) is 6.82. The molecular weight excluding hydrogens is 438 g/mol. The lowest BCUT2D eigenvalue weighted by atomic mass is 9.78. The Morgan fingerprint density at radius 2 is 1.42 bits per heavy atom. The third-order valence-corrected chi connectivity index (χ3v) is 6.51. The van der Waals surface area contributed by atoms with Gasteiger partial charge in [0.25, 0.3) is 0 Å². The predicted molar refractivity (Wildman–Crippen MR) is 116 cm³/mol. The van der Waals surface area contributed by atoms with Crippen LogP contribution in [-0.4, -0.2) is 0 Å². The Morgan fingerprint density at radius 3 is 2.06 bits per heavy atom. The Balaban J connectivity index is 1.64. The van der Waals surface area contributed by atoms with Gasteiger partial charge in [-0.1, -0.05) is 44.0 Å². The molecule has 0 bridgehead atoms. The van der Waals surface area contributed by atoms with E-state index in [-0.39, 0.29) is 29.9 Å². The van der Waals surface area contributed by atoms with Crippen molar-refractivity contribution in [3.8, 4) is 11.1 Å². The van der Waals surface area contributed by atoms with Crippen LogP contribution >= 0.6 is 0 Å². The molecule has 1 aliphatic rings. The number of unbranched alkanes of at least 4 members (excludes halogenated alkanes) is 2. The summed E-state index contributed by atoms with van der Waals surface area (Å²) < 4.78 is 85.7. The second-order valence-corrected chi connectivity index (χ2v) is 8.67. The maximum Gasteiger partial charge on any atom is 0.194 e. The van der Waals surface area contributed by atoms with Gasteiger partial charge < -0.3 is 0 Å². The first-order chi connectivity index (χ1) is 15.8. The molecule has 3 aromatic carbocycles. The number of aryl methyl sites for hydroxylation is 1. The minimum absolute atomic E-state index is 0.00137. The molecule has 6 heteroatoms. The van der Waals surface area contributed by atoms with Gasteiger partial charge in [-0.05, 0) is 78.0 Å². The van der Waals surface area contributed by atoms with E-state index in [1.807, 2.05) is 24.3 Å². The van der Waals surface area contributed by atoms with Gasteiger partial charge in [0.05, 0.1) is 5.56 Å². The minimum Gasteiger partial charge on any atom is -0.206 e. The summed E-state index contributed by atoms with van der Waals surface area (Å²) in [5.41, 5.74) is 0.686. The van der Waals surface area contributed by atoms with Gasteiger partial charge in [0.2, 0.25) is 0 Å². The van der Waals surface area contributed by atoms with Crippen LogP contribution in [0, 0.1) is 34.9 Å². The second-order valence-electron chi connectivity index (χ2n) is 8.67. The summed E-state index contributed by atoms with van der Waals surface area (Å²) in [5.74, 6) is -8.85. The molecule has 0 fully saturated rings. The molecule has 0 N–H and O–H groups in total. The van der Waals surface area contributed by atoms with Crippen LogP contribution in [0.3, 0.4) is 0 Å². The van der Waals surface area contributed by atoms with Crippen LogP contribution in [0.5, 0.6) is 0 Å². The molecule has 174 valence electrons. The largest absolute Gasteiger partial charge is 0.206 e. The zero-order valence-corrected chi connectivity index (χ0v) is 18.3. The molecule has 0 radical (unpaired) electrons. The molecule has 0 aromatic heterocycles. The maximum absolute atomic E-state index is 15.2. The predicted octanol–water partition coefficient (Wildman–Crippen LogP) is 8.19. The topological polar surface area (TPSA) is 0 Å². The fourth-order valence-corrected chi connectivity index (χ4v) is 4.67. The number of fused-ring (bicyclic) bond motifs is 1. The van der Waals surface area contributed by atoms with Gasteiger partial charge in [-0.25, -0.2) is 26.3 Å². The third-order valence-electron chi connectivity index (χ3n) is 6.51.